The van der Waals surface area contributed by atoms with E-state index >= 15 is 0 Å². The number of hydrogen-bond acceptors (Lipinski definition) is 2. The molecule has 0 bridgehead atoms. The van der Waals surface area contributed by atoms with Gasteiger partial charge in [-0.25, -0.2) is 8.78 Å². The van der Waals surface area contributed by atoms with Crippen LogP contribution in [0.5, 0.6) is 0 Å². The van der Waals surface area contributed by atoms with Gasteiger partial charge in [0.15, 0.2) is 11.6 Å². The Morgan fingerprint density at radius 1 is 1.22 bits per heavy atom. The van der Waals surface area contributed by atoms with Crippen LogP contribution in [0.2, 0.25) is 0 Å². The van der Waals surface area contributed by atoms with Crippen molar-refractivity contribution < 1.29 is 22.0 Å². The number of nitrogens with two attached hydrogens (primary N) is 1. The van der Waals surface area contributed by atoms with Gasteiger partial charge in [0, 0.05) is 18.0 Å². The summed E-state index contributed by atoms with van der Waals surface area (Å²) in [6.07, 6.45) is -5.49. The van der Waals surface area contributed by atoms with Gasteiger partial charge in [0.25, 0.3) is 0 Å². The highest BCUT2D eigenvalue weighted by Gasteiger charge is 2.27. The first-order valence-electron chi connectivity index (χ1n) is 5.32. The second-order valence-corrected chi connectivity index (χ2v) is 3.87. The van der Waals surface area contributed by atoms with Crippen LogP contribution in [0.25, 0.3) is 0 Å². The van der Waals surface area contributed by atoms with Crippen molar-refractivity contribution >= 4 is 0 Å². The van der Waals surface area contributed by atoms with Gasteiger partial charge in [-0.3, -0.25) is 11.3 Å². The highest BCUT2D eigenvalue weighted by Crippen LogP contribution is 2.27. The van der Waals surface area contributed by atoms with E-state index < -0.39 is 30.3 Å². The molecular weight excluding hydrogens is 255 g/mol. The predicted molar refractivity (Wildman–Crippen MR) is 56.3 cm³/mol. The van der Waals surface area contributed by atoms with Crippen LogP contribution in [0.4, 0.5) is 22.0 Å². The van der Waals surface area contributed by atoms with Crippen LogP contribution in [0.3, 0.4) is 0 Å². The smallest absolute Gasteiger partial charge is 0.271 e. The topological polar surface area (TPSA) is 38.0 Å². The van der Waals surface area contributed by atoms with E-state index in [2.05, 4.69) is 5.43 Å². The Bertz CT molecular complexity index is 392. The van der Waals surface area contributed by atoms with Crippen molar-refractivity contribution in [1.82, 2.24) is 5.43 Å². The molecule has 1 rings (SSSR count). The van der Waals surface area contributed by atoms with Crippen LogP contribution in [-0.4, -0.2) is 6.18 Å². The Hall–Kier alpha value is -1.21. The number of halogens is 5. The lowest BCUT2D eigenvalue weighted by atomic mass is 10.0. The minimum atomic E-state index is -4.26. The minimum absolute atomic E-state index is 0.0314. The molecule has 1 unspecified atom stereocenters. The summed E-state index contributed by atoms with van der Waals surface area (Å²) < 4.78 is 62.3. The SMILES string of the molecule is NNC(CCCC(F)(F)F)c1cccc(F)c1F. The maximum Gasteiger partial charge on any atom is 0.389 e. The molecule has 0 aromatic heterocycles. The summed E-state index contributed by atoms with van der Waals surface area (Å²) in [6, 6.07) is 2.66. The lowest BCUT2D eigenvalue weighted by Crippen LogP contribution is -2.29. The molecule has 0 spiro atoms. The molecule has 0 amide bonds. The van der Waals surface area contributed by atoms with E-state index in [1.165, 1.54) is 12.1 Å². The zero-order valence-electron chi connectivity index (χ0n) is 9.40. The fourth-order valence-electron chi connectivity index (χ4n) is 1.62. The van der Waals surface area contributed by atoms with Crippen molar-refractivity contribution in [3.05, 3.63) is 35.4 Å². The quantitative estimate of drug-likeness (QED) is 0.489. The Kier molecular flexibility index (Phi) is 5.03. The van der Waals surface area contributed by atoms with Crippen molar-refractivity contribution in [3.63, 3.8) is 0 Å². The maximum atomic E-state index is 13.4. The molecule has 3 N–H and O–H groups in total. The fourth-order valence-corrected chi connectivity index (χ4v) is 1.62. The molecule has 0 aliphatic carbocycles. The summed E-state index contributed by atoms with van der Waals surface area (Å²) in [5, 5.41) is 0. The normalized spacial score (nSPS) is 13.7. The molecule has 0 saturated carbocycles. The standard InChI is InChI=1S/C11H13F5N2/c12-8-4-1-3-7(10(8)13)9(18-17)5-2-6-11(14,15)16/h1,3-4,9,18H,2,5-6,17H2. The third-order valence-corrected chi connectivity index (χ3v) is 2.51. The van der Waals surface area contributed by atoms with Gasteiger partial charge in [-0.1, -0.05) is 12.1 Å². The number of nitrogens with one attached hydrogen (secondary N) is 1. The molecule has 2 nitrogen and oxygen atoms in total. The minimum Gasteiger partial charge on any atom is -0.271 e. The largest absolute Gasteiger partial charge is 0.389 e. The van der Waals surface area contributed by atoms with E-state index in [-0.39, 0.29) is 18.4 Å². The highest BCUT2D eigenvalue weighted by atomic mass is 19.4. The van der Waals surface area contributed by atoms with Crippen LogP contribution in [0.15, 0.2) is 18.2 Å². The summed E-state index contributed by atoms with van der Waals surface area (Å²) >= 11 is 0. The first kappa shape index (κ1) is 14.8. The van der Waals surface area contributed by atoms with Crippen molar-refractivity contribution in [2.24, 2.45) is 5.84 Å². The molecule has 102 valence electrons. The fraction of sp³-hybridized carbons (Fsp3) is 0.455. The Morgan fingerprint density at radius 3 is 2.44 bits per heavy atom. The van der Waals surface area contributed by atoms with Crippen LogP contribution in [-0.2, 0) is 0 Å². The monoisotopic (exact) mass is 268 g/mol. The van der Waals surface area contributed by atoms with E-state index in [9.17, 15) is 22.0 Å². The van der Waals surface area contributed by atoms with Gasteiger partial charge < -0.3 is 0 Å². The van der Waals surface area contributed by atoms with Crippen LogP contribution < -0.4 is 11.3 Å². The van der Waals surface area contributed by atoms with Crippen LogP contribution in [0.1, 0.15) is 30.9 Å². The second-order valence-electron chi connectivity index (χ2n) is 3.87. The van der Waals surface area contributed by atoms with E-state index in [4.69, 9.17) is 5.84 Å². The number of rotatable bonds is 5. The second kappa shape index (κ2) is 6.10. The molecule has 18 heavy (non-hydrogen) atoms. The molecule has 0 fully saturated rings. The van der Waals surface area contributed by atoms with E-state index in [1.54, 1.807) is 0 Å². The Labute approximate surface area is 101 Å². The lowest BCUT2D eigenvalue weighted by Gasteiger charge is -2.17. The average Bonchev–Trinajstić information content (AvgIpc) is 2.27. The van der Waals surface area contributed by atoms with E-state index in [1.807, 2.05) is 0 Å². The molecule has 0 radical (unpaired) electrons. The number of hydrazine groups is 1. The maximum absolute atomic E-state index is 13.4. The van der Waals surface area contributed by atoms with Crippen molar-refractivity contribution in [2.75, 3.05) is 0 Å². The van der Waals surface area contributed by atoms with Crippen molar-refractivity contribution in [2.45, 2.75) is 31.5 Å². The Balaban J connectivity index is 2.69. The molecule has 1 aromatic rings. The van der Waals surface area contributed by atoms with Crippen LogP contribution >= 0.6 is 0 Å². The predicted octanol–water partition coefficient (Wildman–Crippen LogP) is 3.20. The van der Waals surface area contributed by atoms with E-state index in [0.717, 1.165) is 6.07 Å². The molecule has 0 saturated heterocycles. The van der Waals surface area contributed by atoms with E-state index in [0.29, 0.717) is 0 Å². The molecule has 0 aliphatic rings. The lowest BCUT2D eigenvalue weighted by molar-refractivity contribution is -0.135. The zero-order valence-corrected chi connectivity index (χ0v) is 9.40. The van der Waals surface area contributed by atoms with Gasteiger partial charge in [-0.2, -0.15) is 13.2 Å². The summed E-state index contributed by atoms with van der Waals surface area (Å²) in [5.41, 5.74) is 2.13. The van der Waals surface area contributed by atoms with Gasteiger partial charge in [0.1, 0.15) is 0 Å². The molecule has 1 atom stereocenters. The Morgan fingerprint density at radius 2 is 1.89 bits per heavy atom. The first-order valence-corrected chi connectivity index (χ1v) is 5.32. The third-order valence-electron chi connectivity index (χ3n) is 2.51. The first-order chi connectivity index (χ1) is 8.35. The van der Waals surface area contributed by atoms with Crippen molar-refractivity contribution in [1.29, 1.82) is 0 Å². The van der Waals surface area contributed by atoms with Crippen LogP contribution in [0, 0.1) is 11.6 Å². The van der Waals surface area contributed by atoms with Gasteiger partial charge in [-0.05, 0) is 18.9 Å². The van der Waals surface area contributed by atoms with Gasteiger partial charge in [0.05, 0.1) is 0 Å². The zero-order chi connectivity index (χ0) is 13.8. The number of alkyl halides is 3. The van der Waals surface area contributed by atoms with Crippen molar-refractivity contribution in [3.8, 4) is 0 Å². The van der Waals surface area contributed by atoms with Gasteiger partial charge in [0.2, 0.25) is 0 Å². The average molecular weight is 268 g/mol. The third kappa shape index (κ3) is 4.23. The number of hydrogen-bond donors (Lipinski definition) is 2. The summed E-state index contributed by atoms with van der Waals surface area (Å²) in [7, 11) is 0. The summed E-state index contributed by atoms with van der Waals surface area (Å²) in [6.45, 7) is 0. The summed E-state index contributed by atoms with van der Waals surface area (Å²) in [5.74, 6) is 3.01. The van der Waals surface area contributed by atoms with Gasteiger partial charge in [-0.15, -0.1) is 0 Å². The molecule has 0 aliphatic heterocycles. The molecule has 7 heteroatoms. The molecule has 0 heterocycles. The number of benzene rings is 1. The molecule has 1 aromatic carbocycles. The highest BCUT2D eigenvalue weighted by molar-refractivity contribution is 5.22. The summed E-state index contributed by atoms with van der Waals surface area (Å²) in [4.78, 5) is 0. The molecular formula is C11H13F5N2. The van der Waals surface area contributed by atoms with Gasteiger partial charge >= 0.3 is 6.18 Å².